The minimum absolute atomic E-state index is 0.0769. The van der Waals surface area contributed by atoms with Crippen LogP contribution in [0.25, 0.3) is 11.4 Å². The molecule has 3 aromatic rings. The zero-order valence-corrected chi connectivity index (χ0v) is 16.4. The van der Waals surface area contributed by atoms with Crippen LogP contribution in [0.2, 0.25) is 0 Å². The number of carbonyl (C=O) groups is 1. The third-order valence-corrected chi connectivity index (χ3v) is 4.54. The molecule has 0 unspecified atom stereocenters. The first-order valence-electron chi connectivity index (χ1n) is 9.38. The van der Waals surface area contributed by atoms with Gasteiger partial charge in [-0.2, -0.15) is 4.98 Å². The lowest BCUT2D eigenvalue weighted by atomic mass is 10.0. The maximum atomic E-state index is 12.1. The Bertz CT molecular complexity index is 917. The Labute approximate surface area is 164 Å². The lowest BCUT2D eigenvalue weighted by Crippen LogP contribution is -2.23. The molecule has 0 saturated heterocycles. The second-order valence-corrected chi connectivity index (χ2v) is 6.88. The molecule has 3 rings (SSSR count). The van der Waals surface area contributed by atoms with Crippen molar-refractivity contribution >= 4 is 5.91 Å². The molecular weight excluding hydrogens is 354 g/mol. The fourth-order valence-electron chi connectivity index (χ4n) is 2.84. The molecule has 1 aromatic heterocycles. The van der Waals surface area contributed by atoms with Crippen LogP contribution in [-0.2, 0) is 17.8 Å². The summed E-state index contributed by atoms with van der Waals surface area (Å²) in [6.45, 7) is 4.72. The number of carbonyl (C=O) groups excluding carboxylic acids is 1. The third kappa shape index (κ3) is 4.97. The van der Waals surface area contributed by atoms with Crippen molar-refractivity contribution < 1.29 is 14.1 Å². The van der Waals surface area contributed by atoms with E-state index in [4.69, 9.17) is 9.26 Å². The normalized spacial score (nSPS) is 10.9. The largest absolute Gasteiger partial charge is 0.496 e. The molecule has 0 fully saturated rings. The number of aromatic nitrogens is 2. The summed E-state index contributed by atoms with van der Waals surface area (Å²) in [5.41, 5.74) is 3.10. The van der Waals surface area contributed by atoms with Gasteiger partial charge in [0.1, 0.15) is 5.75 Å². The first-order chi connectivity index (χ1) is 13.6. The van der Waals surface area contributed by atoms with Gasteiger partial charge in [-0.15, -0.1) is 0 Å². The molecule has 6 heteroatoms. The highest BCUT2D eigenvalue weighted by molar-refractivity contribution is 5.76. The molecule has 0 aliphatic rings. The molecule has 0 spiro atoms. The topological polar surface area (TPSA) is 77.2 Å². The van der Waals surface area contributed by atoms with Crippen LogP contribution >= 0.6 is 0 Å². The van der Waals surface area contributed by atoms with Gasteiger partial charge < -0.3 is 14.6 Å². The summed E-state index contributed by atoms with van der Waals surface area (Å²) in [7, 11) is 1.62. The van der Waals surface area contributed by atoms with Crippen LogP contribution in [0.3, 0.4) is 0 Å². The van der Waals surface area contributed by atoms with E-state index in [-0.39, 0.29) is 12.3 Å². The number of aryl methyl sites for hydroxylation is 1. The molecule has 1 heterocycles. The number of methoxy groups -OCH3 is 1. The van der Waals surface area contributed by atoms with Gasteiger partial charge in [0.25, 0.3) is 0 Å². The van der Waals surface area contributed by atoms with Crippen LogP contribution in [0.15, 0.2) is 53.1 Å². The summed E-state index contributed by atoms with van der Waals surface area (Å²) in [6.07, 6.45) is 0.678. The molecule has 2 aromatic carbocycles. The SMILES string of the molecule is COc1ccccc1CNC(=O)CCc1nc(-c2ccc(C(C)C)cc2)no1. The fourth-order valence-corrected chi connectivity index (χ4v) is 2.84. The Morgan fingerprint density at radius 1 is 1.14 bits per heavy atom. The van der Waals surface area contributed by atoms with E-state index in [1.165, 1.54) is 5.56 Å². The van der Waals surface area contributed by atoms with Gasteiger partial charge in [0.15, 0.2) is 0 Å². The van der Waals surface area contributed by atoms with Gasteiger partial charge >= 0.3 is 0 Å². The van der Waals surface area contributed by atoms with Gasteiger partial charge in [-0.3, -0.25) is 4.79 Å². The quantitative estimate of drug-likeness (QED) is 0.637. The predicted molar refractivity (Wildman–Crippen MR) is 107 cm³/mol. The van der Waals surface area contributed by atoms with E-state index in [1.54, 1.807) is 7.11 Å². The van der Waals surface area contributed by atoms with Gasteiger partial charge in [-0.25, -0.2) is 0 Å². The van der Waals surface area contributed by atoms with Gasteiger partial charge in [-0.1, -0.05) is 61.5 Å². The zero-order chi connectivity index (χ0) is 19.9. The molecule has 0 saturated carbocycles. The smallest absolute Gasteiger partial charge is 0.227 e. The van der Waals surface area contributed by atoms with Gasteiger partial charge in [0.2, 0.25) is 17.6 Å². The Kier molecular flexibility index (Phi) is 6.42. The van der Waals surface area contributed by atoms with E-state index in [0.717, 1.165) is 16.9 Å². The number of rotatable bonds is 8. The molecule has 0 aliphatic heterocycles. The van der Waals surface area contributed by atoms with Crippen LogP contribution in [0, 0.1) is 0 Å². The average molecular weight is 379 g/mol. The molecule has 0 aliphatic carbocycles. The first-order valence-corrected chi connectivity index (χ1v) is 9.38. The number of para-hydroxylation sites is 1. The van der Waals surface area contributed by atoms with Crippen molar-refractivity contribution in [2.75, 3.05) is 7.11 Å². The van der Waals surface area contributed by atoms with Crippen LogP contribution < -0.4 is 10.1 Å². The van der Waals surface area contributed by atoms with Gasteiger partial charge in [0, 0.05) is 30.5 Å². The van der Waals surface area contributed by atoms with Gasteiger partial charge in [-0.05, 0) is 17.5 Å². The van der Waals surface area contributed by atoms with Crippen molar-refractivity contribution in [2.24, 2.45) is 0 Å². The number of ether oxygens (including phenoxy) is 1. The Hall–Kier alpha value is -3.15. The van der Waals surface area contributed by atoms with E-state index in [0.29, 0.717) is 30.6 Å². The van der Waals surface area contributed by atoms with E-state index < -0.39 is 0 Å². The molecule has 0 atom stereocenters. The predicted octanol–water partition coefficient (Wildman–Crippen LogP) is 4.12. The molecule has 0 radical (unpaired) electrons. The lowest BCUT2D eigenvalue weighted by Gasteiger charge is -2.09. The monoisotopic (exact) mass is 379 g/mol. The van der Waals surface area contributed by atoms with E-state index in [2.05, 4.69) is 41.4 Å². The number of amides is 1. The summed E-state index contributed by atoms with van der Waals surface area (Å²) in [5.74, 6) is 2.15. The average Bonchev–Trinajstić information content (AvgIpc) is 3.20. The summed E-state index contributed by atoms with van der Waals surface area (Å²) in [5, 5.41) is 6.91. The summed E-state index contributed by atoms with van der Waals surface area (Å²) < 4.78 is 10.6. The van der Waals surface area contributed by atoms with Crippen LogP contribution in [0.1, 0.15) is 43.2 Å². The number of nitrogens with zero attached hydrogens (tertiary/aromatic N) is 2. The summed E-state index contributed by atoms with van der Waals surface area (Å²) >= 11 is 0. The van der Waals surface area contributed by atoms with Crippen molar-refractivity contribution in [1.29, 1.82) is 0 Å². The van der Waals surface area contributed by atoms with Crippen molar-refractivity contribution in [3.8, 4) is 17.1 Å². The van der Waals surface area contributed by atoms with Crippen molar-refractivity contribution in [3.05, 3.63) is 65.5 Å². The Balaban J connectivity index is 1.52. The maximum Gasteiger partial charge on any atom is 0.227 e. The van der Waals surface area contributed by atoms with Gasteiger partial charge in [0.05, 0.1) is 7.11 Å². The fraction of sp³-hybridized carbons (Fsp3) is 0.318. The standard InChI is InChI=1S/C22H25N3O3/c1-15(2)16-8-10-17(11-9-16)22-24-21(28-25-22)13-12-20(26)23-14-18-6-4-5-7-19(18)27-3/h4-11,15H,12-14H2,1-3H3,(H,23,26). The third-order valence-electron chi connectivity index (χ3n) is 4.54. The molecule has 1 amide bonds. The van der Waals surface area contributed by atoms with Crippen LogP contribution in [0.4, 0.5) is 0 Å². The Morgan fingerprint density at radius 2 is 1.89 bits per heavy atom. The molecular formula is C22H25N3O3. The van der Waals surface area contributed by atoms with E-state index in [1.807, 2.05) is 36.4 Å². The number of nitrogens with one attached hydrogen (secondary N) is 1. The molecule has 0 bridgehead atoms. The minimum Gasteiger partial charge on any atom is -0.496 e. The van der Waals surface area contributed by atoms with Crippen molar-refractivity contribution in [1.82, 2.24) is 15.5 Å². The molecule has 28 heavy (non-hydrogen) atoms. The second kappa shape index (κ2) is 9.17. The minimum atomic E-state index is -0.0769. The van der Waals surface area contributed by atoms with Crippen molar-refractivity contribution in [2.45, 2.75) is 39.2 Å². The maximum absolute atomic E-state index is 12.1. The lowest BCUT2D eigenvalue weighted by molar-refractivity contribution is -0.121. The second-order valence-electron chi connectivity index (χ2n) is 6.88. The first kappa shape index (κ1) is 19.6. The van der Waals surface area contributed by atoms with Crippen LogP contribution in [0.5, 0.6) is 5.75 Å². The highest BCUT2D eigenvalue weighted by atomic mass is 16.5. The highest BCUT2D eigenvalue weighted by Gasteiger charge is 2.12. The zero-order valence-electron chi connectivity index (χ0n) is 16.4. The van der Waals surface area contributed by atoms with Crippen molar-refractivity contribution in [3.63, 3.8) is 0 Å². The highest BCUT2D eigenvalue weighted by Crippen LogP contribution is 2.21. The molecule has 6 nitrogen and oxygen atoms in total. The van der Waals surface area contributed by atoms with E-state index in [9.17, 15) is 4.79 Å². The molecule has 1 N–H and O–H groups in total. The number of benzene rings is 2. The number of hydrogen-bond donors (Lipinski definition) is 1. The molecule has 146 valence electrons. The van der Waals surface area contributed by atoms with Crippen LogP contribution in [-0.4, -0.2) is 23.2 Å². The Morgan fingerprint density at radius 3 is 2.61 bits per heavy atom. The number of hydrogen-bond acceptors (Lipinski definition) is 5. The van der Waals surface area contributed by atoms with E-state index >= 15 is 0 Å². The summed E-state index contributed by atoms with van der Waals surface area (Å²) in [4.78, 5) is 16.5. The summed E-state index contributed by atoms with van der Waals surface area (Å²) in [6, 6.07) is 15.7.